The molecule has 0 aliphatic rings. The molecule has 0 heterocycles. The molecule has 335 valence electrons. The third kappa shape index (κ3) is 29.2. The monoisotopic (exact) mass is 1270 g/mol. The SMILES string of the molecule is CC(=O)CC(=O)C(C)(C)C.CC(N)C(=O)C(C)(C)C.C[C-](C)N(C)P(=O)(N(C)C(C)(C)C)C(C)(C)C.C[C-](C)N(C)P(C)(=O)C(C)(C)C.O=CO.O=CO.[Re].[Rf]. The Morgan fingerprint density at radius 3 is 1.07 bits per heavy atom. The van der Waals surface area contributed by atoms with E-state index < -0.39 is 14.7 Å². The fraction of sp³-hybridized carbons (Fsp3) is 0.821. The first-order chi connectivity index (χ1) is 23.4. The van der Waals surface area contributed by atoms with Gasteiger partial charge in [0.25, 0.3) is 12.9 Å². The Bertz CT molecular complexity index is 1210. The Morgan fingerprint density at radius 1 is 0.696 bits per heavy atom. The first kappa shape index (κ1) is 71.6. The van der Waals surface area contributed by atoms with Gasteiger partial charge in [0.15, 0.2) is 13.2 Å². The van der Waals surface area contributed by atoms with Crippen molar-refractivity contribution in [2.45, 2.75) is 174 Å². The first-order valence-corrected chi connectivity index (χ1v) is 21.6. The maximum Gasteiger partial charge on any atom is 0.290 e. The summed E-state index contributed by atoms with van der Waals surface area (Å²) in [4.78, 5) is 49.3. The summed E-state index contributed by atoms with van der Waals surface area (Å²) in [6.07, 6.45) is 0.0729. The van der Waals surface area contributed by atoms with E-state index >= 15 is 0 Å². The van der Waals surface area contributed by atoms with Gasteiger partial charge in [-0.1, -0.05) is 83.1 Å². The summed E-state index contributed by atoms with van der Waals surface area (Å²) in [5.41, 5.74) is 4.60. The molecule has 3 unspecified atom stereocenters. The summed E-state index contributed by atoms with van der Waals surface area (Å²) >= 11 is 0. The standard InChI is InChI=1S/C13H30N2OP.C9H21NOP.C8H14O2.C7H15NO.2CH2O2.Re.Rf/c1-11(2)14(9)17(16,13(6,7)8)15(10)12(3,4)5;1-8(2)10(6)12(7,11)9(3,4)5;1-6(9)5-7(10)8(2,3)4;1-5(8)6(9)7(2,3)4;2*2-1-3;;/h1-10H3;1-7H3;5H2,1-4H3;5H,8H2,1-4H3;2*1H,(H,2,3);;/q2*-1;;;;;;. The van der Waals surface area contributed by atoms with Crippen LogP contribution in [0.25, 0.3) is 0 Å². The quantitative estimate of drug-likeness (QED) is 0.0901. The van der Waals surface area contributed by atoms with Gasteiger partial charge in [0.1, 0.15) is 18.9 Å². The third-order valence-corrected chi connectivity index (χ3v) is 16.6. The van der Waals surface area contributed by atoms with Crippen LogP contribution in [-0.2, 0) is 53.5 Å². The largest absolute Gasteiger partial charge is 0.483 e. The second-order valence-electron chi connectivity index (χ2n) is 18.6. The molecule has 0 fully saturated rings. The minimum atomic E-state index is -2.63. The Morgan fingerprint density at radius 2 is 0.982 bits per heavy atom. The van der Waals surface area contributed by atoms with Gasteiger partial charge in [-0.3, -0.25) is 34.6 Å². The molecule has 0 saturated heterocycles. The predicted molar refractivity (Wildman–Crippen MR) is 228 cm³/mol. The molecule has 4 N–H and O–H groups in total. The molecule has 0 aliphatic heterocycles. The average Bonchev–Trinajstić information content (AvgIpc) is 2.93. The van der Waals surface area contributed by atoms with Crippen LogP contribution < -0.4 is 5.73 Å². The minimum absolute atomic E-state index is 0. The van der Waals surface area contributed by atoms with E-state index in [1.165, 1.54) is 6.92 Å². The summed E-state index contributed by atoms with van der Waals surface area (Å²) in [6, 6.07) is 1.86. The van der Waals surface area contributed by atoms with E-state index in [1.54, 1.807) is 6.92 Å². The molecular formula is C39H84N4O9P2ReRf-2. The van der Waals surface area contributed by atoms with Crippen LogP contribution in [-0.4, -0.2) is 104 Å². The van der Waals surface area contributed by atoms with E-state index in [0.717, 1.165) is 12.1 Å². The van der Waals surface area contributed by atoms with Crippen LogP contribution in [0.1, 0.15) is 152 Å². The van der Waals surface area contributed by atoms with Crippen LogP contribution in [0.2, 0.25) is 0 Å². The Hall–Kier alpha value is -2.09. The predicted octanol–water partition coefficient (Wildman–Crippen LogP) is 9.34. The summed E-state index contributed by atoms with van der Waals surface area (Å²) in [6.45, 7) is 42.1. The van der Waals surface area contributed by atoms with Crippen molar-refractivity contribution in [1.82, 2.24) is 14.0 Å². The van der Waals surface area contributed by atoms with Crippen LogP contribution in [0, 0.1) is 22.9 Å². The number of hydrogen-bond acceptors (Lipinski definition) is 8. The van der Waals surface area contributed by atoms with E-state index in [0.29, 0.717) is 0 Å². The van der Waals surface area contributed by atoms with Gasteiger partial charge >= 0.3 is 0 Å². The van der Waals surface area contributed by atoms with Crippen molar-refractivity contribution in [3.63, 3.8) is 0 Å². The Kier molecular flexibility index (Phi) is 37.3. The zero-order valence-electron chi connectivity index (χ0n) is 40.1. The molecule has 1 radical (unpaired) electrons. The number of rotatable bonds is 8. The van der Waals surface area contributed by atoms with Crippen LogP contribution in [0.15, 0.2) is 0 Å². The molecule has 0 aromatic heterocycles. The molecule has 0 bridgehead atoms. The van der Waals surface area contributed by atoms with E-state index in [9.17, 15) is 23.5 Å². The molecule has 0 aromatic carbocycles. The molecule has 17 heteroatoms. The summed E-state index contributed by atoms with van der Waals surface area (Å²) in [5.74, 6) is 0.0717. The van der Waals surface area contributed by atoms with Crippen LogP contribution >= 0.6 is 14.7 Å². The number of carbonyl (C=O) groups excluding carboxylic acids is 3. The normalized spacial score (nSPS) is 14.3. The van der Waals surface area contributed by atoms with Gasteiger partial charge in [0.05, 0.1) is 12.5 Å². The van der Waals surface area contributed by atoms with Gasteiger partial charge in [-0.05, 0) is 55.8 Å². The molecule has 13 nitrogen and oxygen atoms in total. The van der Waals surface area contributed by atoms with E-state index in [-0.39, 0.29) is 89.9 Å². The Balaban J connectivity index is -0.0000000881. The van der Waals surface area contributed by atoms with E-state index in [4.69, 9.17) is 25.5 Å². The van der Waals surface area contributed by atoms with Crippen LogP contribution in [0.3, 0.4) is 0 Å². The van der Waals surface area contributed by atoms with Gasteiger partial charge in [-0.25, -0.2) is 10.7 Å². The van der Waals surface area contributed by atoms with Crippen molar-refractivity contribution in [2.24, 2.45) is 16.6 Å². The van der Waals surface area contributed by atoms with Crippen molar-refractivity contribution in [3.8, 4) is 0 Å². The average molecular weight is 1270 g/mol. The summed E-state index contributed by atoms with van der Waals surface area (Å²) in [7, 11) is 0.941. The molecular weight excluding hydrogens is 1180 g/mol. The zero-order chi connectivity index (χ0) is 45.8. The number of nitrogens with two attached hydrogens (primary N) is 1. The van der Waals surface area contributed by atoms with E-state index in [2.05, 4.69) is 41.5 Å². The van der Waals surface area contributed by atoms with Crippen molar-refractivity contribution < 1.29 is 63.7 Å². The van der Waals surface area contributed by atoms with Gasteiger partial charge in [-0.15, -0.1) is 0 Å². The number of hydrogen-bond donors (Lipinski definition) is 3. The van der Waals surface area contributed by atoms with Gasteiger partial charge in [0, 0.05) is 53.8 Å². The van der Waals surface area contributed by atoms with Crippen LogP contribution in [0.5, 0.6) is 0 Å². The van der Waals surface area contributed by atoms with E-state index in [1.807, 2.05) is 132 Å². The molecule has 0 aromatic rings. The van der Waals surface area contributed by atoms with Crippen molar-refractivity contribution >= 4 is 45.0 Å². The second kappa shape index (κ2) is 29.2. The first-order valence-electron chi connectivity index (χ1n) is 17.9. The fourth-order valence-corrected chi connectivity index (χ4v) is 9.01. The molecule has 0 saturated carbocycles. The Labute approximate surface area is 351 Å². The summed E-state index contributed by atoms with van der Waals surface area (Å²) in [5, 5.41) is 13.4. The third-order valence-electron chi connectivity index (χ3n) is 8.17. The van der Waals surface area contributed by atoms with Gasteiger partial charge in [-0.2, -0.15) is 27.7 Å². The maximum atomic E-state index is 13.6. The van der Waals surface area contributed by atoms with Crippen LogP contribution in [0.4, 0.5) is 0 Å². The summed E-state index contributed by atoms with van der Waals surface area (Å²) < 4.78 is 31.7. The molecule has 0 spiro atoms. The number of Topliss-reactive ketones (excluding diaryl/α,β-unsaturated/α-hetero) is 3. The van der Waals surface area contributed by atoms with Crippen molar-refractivity contribution in [2.75, 3.05) is 27.8 Å². The fourth-order valence-electron chi connectivity index (χ4n) is 3.78. The molecule has 56 heavy (non-hydrogen) atoms. The molecule has 0 amide bonds. The van der Waals surface area contributed by atoms with Gasteiger partial charge < -0.3 is 29.9 Å². The minimum Gasteiger partial charge on any atom is -0.483 e. The molecule has 3 atom stereocenters. The molecule has 0 aliphatic carbocycles. The number of ketones is 3. The number of nitrogens with zero attached hydrogens (tertiary/aromatic N) is 3. The topological polar surface area (TPSA) is 196 Å². The molecule has 0 rings (SSSR count). The van der Waals surface area contributed by atoms with Gasteiger partial charge in [0.2, 0.25) is 0 Å². The smallest absolute Gasteiger partial charge is 0.290 e. The second-order valence-corrected chi connectivity index (χ2v) is 25.9. The maximum absolute atomic E-state index is 13.6. The number of carbonyl (C=O) groups is 5. The van der Waals surface area contributed by atoms with Crippen molar-refractivity contribution in [3.05, 3.63) is 12.1 Å². The zero-order valence-corrected chi connectivity index (χ0v) is 51.0. The van der Waals surface area contributed by atoms with Crippen molar-refractivity contribution in [1.29, 1.82) is 0 Å². The number of carboxylic acid groups (broad SMARTS) is 2.